The molecule has 0 atom stereocenters. The van der Waals surface area contributed by atoms with Crippen LogP contribution in [0.2, 0.25) is 0 Å². The summed E-state index contributed by atoms with van der Waals surface area (Å²) in [4.78, 5) is 14.5. The van der Waals surface area contributed by atoms with Crippen molar-refractivity contribution < 1.29 is 4.79 Å². The Hall–Kier alpha value is -0.870. The van der Waals surface area contributed by atoms with Crippen molar-refractivity contribution >= 4 is 40.6 Å². The molecule has 0 saturated heterocycles. The first-order valence-electron chi connectivity index (χ1n) is 4.61. The highest BCUT2D eigenvalue weighted by atomic mass is 35.5. The molecule has 1 heterocycles. The van der Waals surface area contributed by atoms with E-state index in [-0.39, 0.29) is 5.91 Å². The van der Waals surface area contributed by atoms with Gasteiger partial charge >= 0.3 is 0 Å². The predicted molar refractivity (Wildman–Crippen MR) is 64.7 cm³/mol. The monoisotopic (exact) mass is 242 g/mol. The van der Waals surface area contributed by atoms with Gasteiger partial charge in [0.2, 0.25) is 5.91 Å². The molecule has 3 nitrogen and oxygen atoms in total. The highest BCUT2D eigenvalue weighted by Crippen LogP contribution is 2.36. The number of nitrogens with zero attached hydrogens (tertiary/aromatic N) is 1. The average Bonchev–Trinajstić information content (AvgIpc) is 2.23. The van der Waals surface area contributed by atoms with Crippen molar-refractivity contribution in [1.29, 1.82) is 0 Å². The normalized spacial score (nSPS) is 15.3. The molecular weight excluding hydrogens is 232 g/mol. The highest BCUT2D eigenvalue weighted by Gasteiger charge is 2.23. The zero-order chi connectivity index (χ0) is 10.8. The van der Waals surface area contributed by atoms with Crippen LogP contribution in [0.1, 0.15) is 0 Å². The zero-order valence-corrected chi connectivity index (χ0v) is 9.64. The maximum absolute atomic E-state index is 11.7. The minimum atomic E-state index is 0.0961. The fourth-order valence-electron chi connectivity index (χ4n) is 1.55. The van der Waals surface area contributed by atoms with Crippen LogP contribution in [0.5, 0.6) is 0 Å². The SMILES string of the molecule is Nc1ccc2c(c1)N(CCCl)C(=O)CS2. The number of rotatable bonds is 2. The molecule has 2 rings (SSSR count). The molecule has 0 saturated carbocycles. The second kappa shape index (κ2) is 4.33. The van der Waals surface area contributed by atoms with Gasteiger partial charge in [0.1, 0.15) is 0 Å². The van der Waals surface area contributed by atoms with E-state index in [9.17, 15) is 4.79 Å². The standard InChI is InChI=1S/C10H11ClN2OS/c11-3-4-13-8-5-7(12)1-2-9(8)15-6-10(13)14/h1-2,5H,3-4,6,12H2. The van der Waals surface area contributed by atoms with E-state index in [1.807, 2.05) is 18.2 Å². The van der Waals surface area contributed by atoms with E-state index in [1.54, 1.807) is 16.7 Å². The van der Waals surface area contributed by atoms with Gasteiger partial charge in [-0.2, -0.15) is 0 Å². The van der Waals surface area contributed by atoms with Crippen LogP contribution in [0, 0.1) is 0 Å². The molecule has 0 bridgehead atoms. The number of nitrogen functional groups attached to an aromatic ring is 1. The minimum Gasteiger partial charge on any atom is -0.399 e. The smallest absolute Gasteiger partial charge is 0.237 e. The van der Waals surface area contributed by atoms with Gasteiger partial charge in [-0.15, -0.1) is 23.4 Å². The van der Waals surface area contributed by atoms with Crippen molar-refractivity contribution in [1.82, 2.24) is 0 Å². The first-order chi connectivity index (χ1) is 7.22. The summed E-state index contributed by atoms with van der Waals surface area (Å²) in [5, 5.41) is 0. The van der Waals surface area contributed by atoms with Crippen LogP contribution in [0.15, 0.2) is 23.1 Å². The number of carbonyl (C=O) groups is 1. The van der Waals surface area contributed by atoms with Gasteiger partial charge < -0.3 is 10.6 Å². The maximum Gasteiger partial charge on any atom is 0.237 e. The summed E-state index contributed by atoms with van der Waals surface area (Å²) in [6.07, 6.45) is 0. The van der Waals surface area contributed by atoms with E-state index < -0.39 is 0 Å². The van der Waals surface area contributed by atoms with E-state index in [0.29, 0.717) is 23.9 Å². The van der Waals surface area contributed by atoms with E-state index in [0.717, 1.165) is 10.6 Å². The second-order valence-corrected chi connectivity index (χ2v) is 4.65. The summed E-state index contributed by atoms with van der Waals surface area (Å²) < 4.78 is 0. The van der Waals surface area contributed by atoms with Crippen LogP contribution < -0.4 is 10.6 Å². The molecule has 1 aliphatic rings. The van der Waals surface area contributed by atoms with Crippen LogP contribution in [0.3, 0.4) is 0 Å². The quantitative estimate of drug-likeness (QED) is 0.637. The van der Waals surface area contributed by atoms with E-state index in [2.05, 4.69) is 0 Å². The Morgan fingerprint density at radius 3 is 3.07 bits per heavy atom. The Labute approximate surface area is 97.6 Å². The molecule has 2 N–H and O–H groups in total. The Bertz CT molecular complexity index is 397. The molecule has 0 unspecified atom stereocenters. The average molecular weight is 243 g/mol. The van der Waals surface area contributed by atoms with E-state index >= 15 is 0 Å². The molecule has 0 aliphatic carbocycles. The summed E-state index contributed by atoms with van der Waals surface area (Å²) >= 11 is 7.22. The van der Waals surface area contributed by atoms with E-state index in [4.69, 9.17) is 17.3 Å². The fraction of sp³-hybridized carbons (Fsp3) is 0.300. The molecule has 5 heteroatoms. The van der Waals surface area contributed by atoms with Gasteiger partial charge in [-0.1, -0.05) is 0 Å². The number of hydrogen-bond acceptors (Lipinski definition) is 3. The molecule has 1 aliphatic heterocycles. The van der Waals surface area contributed by atoms with Crippen molar-refractivity contribution in [2.45, 2.75) is 4.90 Å². The van der Waals surface area contributed by atoms with E-state index in [1.165, 1.54) is 0 Å². The Morgan fingerprint density at radius 1 is 1.53 bits per heavy atom. The van der Waals surface area contributed by atoms with Gasteiger partial charge in [-0.05, 0) is 18.2 Å². The summed E-state index contributed by atoms with van der Waals surface area (Å²) in [6.45, 7) is 0.539. The largest absolute Gasteiger partial charge is 0.399 e. The number of nitrogens with two attached hydrogens (primary N) is 1. The Kier molecular flexibility index (Phi) is 3.07. The fourth-order valence-corrected chi connectivity index (χ4v) is 2.63. The lowest BCUT2D eigenvalue weighted by atomic mass is 10.2. The third-order valence-electron chi connectivity index (χ3n) is 2.23. The molecule has 0 radical (unpaired) electrons. The minimum absolute atomic E-state index is 0.0961. The number of halogens is 1. The lowest BCUT2D eigenvalue weighted by Gasteiger charge is -2.28. The lowest BCUT2D eigenvalue weighted by Crippen LogP contribution is -2.36. The molecule has 0 fully saturated rings. The summed E-state index contributed by atoms with van der Waals surface area (Å²) in [6, 6.07) is 5.62. The molecular formula is C10H11ClN2OS. The topological polar surface area (TPSA) is 46.3 Å². The first kappa shape index (κ1) is 10.6. The van der Waals surface area contributed by atoms with Crippen molar-refractivity contribution in [3.63, 3.8) is 0 Å². The number of alkyl halides is 1. The van der Waals surface area contributed by atoms with Gasteiger partial charge in [0, 0.05) is 23.0 Å². The molecule has 1 amide bonds. The maximum atomic E-state index is 11.7. The Morgan fingerprint density at radius 2 is 2.33 bits per heavy atom. The molecule has 15 heavy (non-hydrogen) atoms. The summed E-state index contributed by atoms with van der Waals surface area (Å²) in [7, 11) is 0. The van der Waals surface area contributed by atoms with Crippen LogP contribution in [-0.2, 0) is 4.79 Å². The lowest BCUT2D eigenvalue weighted by molar-refractivity contribution is -0.116. The number of fused-ring (bicyclic) bond motifs is 1. The number of hydrogen-bond donors (Lipinski definition) is 1. The van der Waals surface area contributed by atoms with Gasteiger partial charge in [-0.25, -0.2) is 0 Å². The number of thioether (sulfide) groups is 1. The molecule has 1 aromatic rings. The third-order valence-corrected chi connectivity index (χ3v) is 3.45. The van der Waals surface area contributed by atoms with Crippen LogP contribution in [-0.4, -0.2) is 24.1 Å². The molecule has 0 aromatic heterocycles. The number of benzene rings is 1. The van der Waals surface area contributed by atoms with Gasteiger partial charge in [0.15, 0.2) is 0 Å². The zero-order valence-electron chi connectivity index (χ0n) is 8.07. The number of amides is 1. The van der Waals surface area contributed by atoms with Gasteiger partial charge in [0.05, 0.1) is 11.4 Å². The predicted octanol–water partition coefficient (Wildman–Crippen LogP) is 1.95. The second-order valence-electron chi connectivity index (χ2n) is 3.25. The van der Waals surface area contributed by atoms with Crippen molar-refractivity contribution in [3.05, 3.63) is 18.2 Å². The molecule has 0 spiro atoms. The molecule has 1 aromatic carbocycles. The Balaban J connectivity index is 2.41. The third kappa shape index (κ3) is 2.06. The van der Waals surface area contributed by atoms with Crippen LogP contribution in [0.25, 0.3) is 0 Å². The van der Waals surface area contributed by atoms with Crippen molar-refractivity contribution in [2.24, 2.45) is 0 Å². The van der Waals surface area contributed by atoms with Gasteiger partial charge in [0.25, 0.3) is 0 Å². The van der Waals surface area contributed by atoms with Crippen molar-refractivity contribution in [2.75, 3.05) is 28.8 Å². The van der Waals surface area contributed by atoms with Crippen LogP contribution >= 0.6 is 23.4 Å². The highest BCUT2D eigenvalue weighted by molar-refractivity contribution is 8.00. The summed E-state index contributed by atoms with van der Waals surface area (Å²) in [5.74, 6) is 1.01. The number of carbonyl (C=O) groups excluding carboxylic acids is 1. The summed E-state index contributed by atoms with van der Waals surface area (Å²) in [5.41, 5.74) is 7.26. The van der Waals surface area contributed by atoms with Gasteiger partial charge in [-0.3, -0.25) is 4.79 Å². The number of anilines is 2. The van der Waals surface area contributed by atoms with Crippen molar-refractivity contribution in [3.8, 4) is 0 Å². The van der Waals surface area contributed by atoms with Crippen LogP contribution in [0.4, 0.5) is 11.4 Å². The first-order valence-corrected chi connectivity index (χ1v) is 6.13. The molecule has 80 valence electrons.